The Balaban J connectivity index is 1.62. The van der Waals surface area contributed by atoms with E-state index < -0.39 is 0 Å². The van der Waals surface area contributed by atoms with Crippen molar-refractivity contribution >= 4 is 5.91 Å². The van der Waals surface area contributed by atoms with Crippen LogP contribution in [-0.4, -0.2) is 31.2 Å². The largest absolute Gasteiger partial charge is 0.376 e. The molecule has 3 atom stereocenters. The maximum atomic E-state index is 12.2. The number of nitrogens with one attached hydrogen (secondary N) is 1. The molecule has 3 unspecified atom stereocenters. The molecular weight excluding hydrogens is 252 g/mol. The van der Waals surface area contributed by atoms with Gasteiger partial charge in [0.05, 0.1) is 12.7 Å². The molecule has 0 aliphatic heterocycles. The van der Waals surface area contributed by atoms with Crippen LogP contribution in [0, 0.1) is 11.8 Å². The van der Waals surface area contributed by atoms with Crippen molar-refractivity contribution in [3.8, 4) is 0 Å². The third-order valence-electron chi connectivity index (χ3n) is 5.01. The lowest BCUT2D eigenvalue weighted by Gasteiger charge is -2.32. The Labute approximate surface area is 122 Å². The highest BCUT2D eigenvalue weighted by Gasteiger charge is 2.32. The van der Waals surface area contributed by atoms with Crippen LogP contribution in [-0.2, 0) is 9.53 Å². The molecular formula is C16H30N2O2. The zero-order chi connectivity index (χ0) is 14.4. The first-order valence-corrected chi connectivity index (χ1v) is 8.33. The molecule has 2 aliphatic rings. The number of carbonyl (C=O) groups is 1. The Morgan fingerprint density at radius 3 is 2.65 bits per heavy atom. The van der Waals surface area contributed by atoms with Crippen LogP contribution in [0.1, 0.15) is 58.3 Å². The van der Waals surface area contributed by atoms with E-state index in [2.05, 4.69) is 12.2 Å². The molecule has 2 aliphatic carbocycles. The standard InChI is InChI=1S/C16H30N2O2/c1-12-14(8-5-9-15(12)17)16(19)18-10-11-20-13-6-3-2-4-7-13/h12-15H,2-11,17H2,1H3,(H,18,19). The van der Waals surface area contributed by atoms with E-state index in [-0.39, 0.29) is 17.9 Å². The Bertz CT molecular complexity index is 303. The maximum absolute atomic E-state index is 12.2. The van der Waals surface area contributed by atoms with E-state index in [9.17, 15) is 4.79 Å². The van der Waals surface area contributed by atoms with Crippen LogP contribution < -0.4 is 11.1 Å². The smallest absolute Gasteiger partial charge is 0.223 e. The average molecular weight is 282 g/mol. The molecule has 1 amide bonds. The molecule has 4 heteroatoms. The van der Waals surface area contributed by atoms with Crippen LogP contribution in [0.5, 0.6) is 0 Å². The average Bonchev–Trinajstić information content (AvgIpc) is 2.47. The highest BCUT2D eigenvalue weighted by atomic mass is 16.5. The second-order valence-electron chi connectivity index (χ2n) is 6.48. The predicted octanol–water partition coefficient (Wildman–Crippen LogP) is 2.22. The molecule has 2 fully saturated rings. The van der Waals surface area contributed by atoms with Gasteiger partial charge in [0.1, 0.15) is 0 Å². The Hall–Kier alpha value is -0.610. The van der Waals surface area contributed by atoms with E-state index in [0.29, 0.717) is 25.2 Å². The molecule has 3 N–H and O–H groups in total. The van der Waals surface area contributed by atoms with Gasteiger partial charge in [-0.25, -0.2) is 0 Å². The molecule has 4 nitrogen and oxygen atoms in total. The molecule has 0 spiro atoms. The van der Waals surface area contributed by atoms with Gasteiger partial charge in [0.2, 0.25) is 5.91 Å². The molecule has 116 valence electrons. The van der Waals surface area contributed by atoms with E-state index in [4.69, 9.17) is 10.5 Å². The second-order valence-corrected chi connectivity index (χ2v) is 6.48. The minimum Gasteiger partial charge on any atom is -0.376 e. The number of ether oxygens (including phenoxy) is 1. The van der Waals surface area contributed by atoms with Crippen molar-refractivity contribution in [3.05, 3.63) is 0 Å². The number of nitrogens with two attached hydrogens (primary N) is 1. The summed E-state index contributed by atoms with van der Waals surface area (Å²) in [6.07, 6.45) is 9.80. The molecule has 0 aromatic carbocycles. The molecule has 2 rings (SSSR count). The van der Waals surface area contributed by atoms with Gasteiger partial charge in [-0.05, 0) is 31.6 Å². The summed E-state index contributed by atoms with van der Waals surface area (Å²) < 4.78 is 5.83. The first kappa shape index (κ1) is 15.8. The molecule has 0 aromatic heterocycles. The SMILES string of the molecule is CC1C(N)CCCC1C(=O)NCCOC1CCCCC1. The van der Waals surface area contributed by atoms with Crippen molar-refractivity contribution in [1.29, 1.82) is 0 Å². The normalized spacial score (nSPS) is 32.0. The number of amides is 1. The second kappa shape index (κ2) is 7.99. The van der Waals surface area contributed by atoms with Crippen LogP contribution in [0.2, 0.25) is 0 Å². The van der Waals surface area contributed by atoms with Crippen LogP contribution in [0.3, 0.4) is 0 Å². The van der Waals surface area contributed by atoms with Crippen molar-refractivity contribution in [3.63, 3.8) is 0 Å². The van der Waals surface area contributed by atoms with E-state index in [1.807, 2.05) is 0 Å². The Kier molecular flexibility index (Phi) is 6.30. The van der Waals surface area contributed by atoms with Crippen molar-refractivity contribution in [2.75, 3.05) is 13.2 Å². The quantitative estimate of drug-likeness (QED) is 0.760. The van der Waals surface area contributed by atoms with E-state index in [0.717, 1.165) is 19.3 Å². The van der Waals surface area contributed by atoms with Crippen molar-refractivity contribution in [1.82, 2.24) is 5.32 Å². The van der Waals surface area contributed by atoms with Crippen molar-refractivity contribution in [2.24, 2.45) is 17.6 Å². The summed E-state index contributed by atoms with van der Waals surface area (Å²) in [7, 11) is 0. The summed E-state index contributed by atoms with van der Waals surface area (Å²) in [5.41, 5.74) is 6.05. The Morgan fingerprint density at radius 1 is 1.15 bits per heavy atom. The summed E-state index contributed by atoms with van der Waals surface area (Å²) in [6.45, 7) is 3.38. The van der Waals surface area contributed by atoms with Crippen LogP contribution >= 0.6 is 0 Å². The van der Waals surface area contributed by atoms with Gasteiger partial charge in [0.15, 0.2) is 0 Å². The lowest BCUT2D eigenvalue weighted by Crippen LogP contribution is -2.45. The fraction of sp³-hybridized carbons (Fsp3) is 0.938. The van der Waals surface area contributed by atoms with Gasteiger partial charge in [-0.2, -0.15) is 0 Å². The molecule has 0 aromatic rings. The van der Waals surface area contributed by atoms with Gasteiger partial charge in [-0.1, -0.05) is 32.6 Å². The van der Waals surface area contributed by atoms with Crippen LogP contribution in [0.25, 0.3) is 0 Å². The number of rotatable bonds is 5. The topological polar surface area (TPSA) is 64.4 Å². The highest BCUT2D eigenvalue weighted by Crippen LogP contribution is 2.29. The Morgan fingerprint density at radius 2 is 1.90 bits per heavy atom. The third kappa shape index (κ3) is 4.45. The monoisotopic (exact) mass is 282 g/mol. The van der Waals surface area contributed by atoms with Crippen LogP contribution in [0.4, 0.5) is 0 Å². The number of hydrogen-bond donors (Lipinski definition) is 2. The molecule has 0 saturated heterocycles. The number of carbonyl (C=O) groups excluding carboxylic acids is 1. The molecule has 0 heterocycles. The van der Waals surface area contributed by atoms with Crippen molar-refractivity contribution in [2.45, 2.75) is 70.4 Å². The molecule has 2 saturated carbocycles. The van der Waals surface area contributed by atoms with Gasteiger partial charge < -0.3 is 15.8 Å². The predicted molar refractivity (Wildman–Crippen MR) is 80.3 cm³/mol. The molecule has 0 radical (unpaired) electrons. The zero-order valence-corrected chi connectivity index (χ0v) is 12.8. The van der Waals surface area contributed by atoms with E-state index >= 15 is 0 Å². The molecule has 0 bridgehead atoms. The first-order chi connectivity index (χ1) is 9.68. The van der Waals surface area contributed by atoms with Crippen molar-refractivity contribution < 1.29 is 9.53 Å². The third-order valence-corrected chi connectivity index (χ3v) is 5.01. The van der Waals surface area contributed by atoms with E-state index in [1.165, 1.54) is 32.1 Å². The minimum absolute atomic E-state index is 0.0911. The fourth-order valence-corrected chi connectivity index (χ4v) is 3.53. The van der Waals surface area contributed by atoms with Gasteiger partial charge in [-0.15, -0.1) is 0 Å². The molecule has 20 heavy (non-hydrogen) atoms. The minimum atomic E-state index is 0.0911. The lowest BCUT2D eigenvalue weighted by atomic mass is 9.77. The first-order valence-electron chi connectivity index (χ1n) is 8.33. The van der Waals surface area contributed by atoms with Gasteiger partial charge >= 0.3 is 0 Å². The van der Waals surface area contributed by atoms with Gasteiger partial charge in [0, 0.05) is 18.5 Å². The maximum Gasteiger partial charge on any atom is 0.223 e. The van der Waals surface area contributed by atoms with Crippen LogP contribution in [0.15, 0.2) is 0 Å². The van der Waals surface area contributed by atoms with Gasteiger partial charge in [0.25, 0.3) is 0 Å². The van der Waals surface area contributed by atoms with E-state index in [1.54, 1.807) is 0 Å². The number of hydrogen-bond acceptors (Lipinski definition) is 3. The fourth-order valence-electron chi connectivity index (χ4n) is 3.53. The highest BCUT2D eigenvalue weighted by molar-refractivity contribution is 5.79. The summed E-state index contributed by atoms with van der Waals surface area (Å²) >= 11 is 0. The summed E-state index contributed by atoms with van der Waals surface area (Å²) in [5, 5.41) is 3.02. The summed E-state index contributed by atoms with van der Waals surface area (Å²) in [4.78, 5) is 12.2. The summed E-state index contributed by atoms with van der Waals surface area (Å²) in [5.74, 6) is 0.552. The van der Waals surface area contributed by atoms with Gasteiger partial charge in [-0.3, -0.25) is 4.79 Å². The summed E-state index contributed by atoms with van der Waals surface area (Å²) in [6, 6.07) is 0.179. The lowest BCUT2D eigenvalue weighted by molar-refractivity contribution is -0.128. The zero-order valence-electron chi connectivity index (χ0n) is 12.8.